The number of amides is 3. The molecule has 0 radical (unpaired) electrons. The third kappa shape index (κ3) is 3.86. The van der Waals surface area contributed by atoms with Crippen LogP contribution in [0.3, 0.4) is 0 Å². The number of benzene rings is 4. The van der Waals surface area contributed by atoms with E-state index in [0.717, 1.165) is 32.3 Å². The van der Waals surface area contributed by atoms with Crippen LogP contribution in [0.2, 0.25) is 10.0 Å². The summed E-state index contributed by atoms with van der Waals surface area (Å²) in [6.45, 7) is -0.154. The van der Waals surface area contributed by atoms with Crippen molar-refractivity contribution < 1.29 is 19.3 Å². The minimum absolute atomic E-state index is 0.0886. The van der Waals surface area contributed by atoms with Crippen molar-refractivity contribution >= 4 is 46.6 Å². The molecule has 1 heterocycles. The van der Waals surface area contributed by atoms with E-state index >= 15 is 0 Å². The normalized spacial score (nSPS) is 21.5. The fourth-order valence-electron chi connectivity index (χ4n) is 6.82. The summed E-state index contributed by atoms with van der Waals surface area (Å²) in [5, 5.41) is 13.9. The first-order valence-electron chi connectivity index (χ1n) is 13.3. The number of carbonyl (C=O) groups is 3. The van der Waals surface area contributed by atoms with Crippen LogP contribution in [0.15, 0.2) is 91.0 Å². The van der Waals surface area contributed by atoms with Crippen LogP contribution in [-0.4, -0.2) is 32.7 Å². The van der Waals surface area contributed by atoms with E-state index in [0.29, 0.717) is 10.6 Å². The second-order valence-electron chi connectivity index (χ2n) is 10.7. The lowest BCUT2D eigenvalue weighted by Crippen LogP contribution is -2.50. The third-order valence-corrected chi connectivity index (χ3v) is 9.28. The Labute approximate surface area is 250 Å². The number of halogens is 2. The van der Waals surface area contributed by atoms with Crippen LogP contribution < -0.4 is 0 Å². The highest BCUT2D eigenvalue weighted by atomic mass is 35.5. The van der Waals surface area contributed by atoms with Crippen molar-refractivity contribution in [1.29, 1.82) is 0 Å². The Morgan fingerprint density at radius 1 is 0.762 bits per heavy atom. The zero-order valence-electron chi connectivity index (χ0n) is 21.8. The molecule has 1 fully saturated rings. The maximum absolute atomic E-state index is 14.4. The molecule has 0 N–H and O–H groups in total. The van der Waals surface area contributed by atoms with Gasteiger partial charge in [0, 0.05) is 29.5 Å². The Bertz CT molecular complexity index is 1710. The molecule has 0 unspecified atom stereocenters. The van der Waals surface area contributed by atoms with Crippen molar-refractivity contribution in [3.8, 4) is 0 Å². The number of hydrogen-bond acceptors (Lipinski definition) is 5. The number of hydrogen-bond donors (Lipinski definition) is 0. The number of nitro groups is 1. The average molecular weight is 598 g/mol. The average Bonchev–Trinajstić information content (AvgIpc) is 3.27. The second-order valence-corrected chi connectivity index (χ2v) is 11.5. The lowest BCUT2D eigenvalue weighted by molar-refractivity contribution is -0.384. The van der Waals surface area contributed by atoms with E-state index in [9.17, 15) is 24.5 Å². The molecule has 10 heteroatoms. The predicted molar refractivity (Wildman–Crippen MR) is 155 cm³/mol. The van der Waals surface area contributed by atoms with Gasteiger partial charge in [-0.05, 0) is 52.1 Å². The number of non-ortho nitro benzene ring substituents is 1. The van der Waals surface area contributed by atoms with E-state index in [2.05, 4.69) is 0 Å². The standard InChI is InChI=1S/C32H21Cl2N3O5/c33-24-14-9-17(15-25(24)34)16-35(30(38)18-10-12-19(13-11-18)37(41)42)36-31(39)28-26-20-5-1-2-6-21(20)27(29(28)32(36)40)23-8-4-3-7-22(23)26/h1-15,26-29H,16H2/t26?,27?,28-,29-/m0/s1. The van der Waals surface area contributed by atoms with Gasteiger partial charge in [-0.1, -0.05) is 77.8 Å². The maximum atomic E-state index is 14.4. The number of rotatable bonds is 5. The van der Waals surface area contributed by atoms with Crippen LogP contribution in [0.5, 0.6) is 0 Å². The molecule has 2 atom stereocenters. The number of carbonyl (C=O) groups excluding carboxylic acids is 3. The second kappa shape index (κ2) is 9.79. The Morgan fingerprint density at radius 3 is 1.71 bits per heavy atom. The smallest absolute Gasteiger partial charge is 0.272 e. The summed E-state index contributed by atoms with van der Waals surface area (Å²) in [5.74, 6) is -3.62. The molecule has 2 bridgehead atoms. The molecule has 3 aliphatic carbocycles. The van der Waals surface area contributed by atoms with Crippen LogP contribution in [-0.2, 0) is 16.1 Å². The molecule has 0 saturated carbocycles. The summed E-state index contributed by atoms with van der Waals surface area (Å²) < 4.78 is 0. The summed E-state index contributed by atoms with van der Waals surface area (Å²) >= 11 is 12.4. The number of nitrogens with zero attached hydrogens (tertiary/aromatic N) is 3. The molecule has 4 aromatic rings. The summed E-state index contributed by atoms with van der Waals surface area (Å²) in [6, 6.07) is 25.7. The zero-order valence-corrected chi connectivity index (χ0v) is 23.3. The number of hydrazine groups is 1. The fraction of sp³-hybridized carbons (Fsp3) is 0.156. The van der Waals surface area contributed by atoms with Gasteiger partial charge in [0.1, 0.15) is 0 Å². The van der Waals surface area contributed by atoms with Crippen LogP contribution in [0.4, 0.5) is 5.69 Å². The van der Waals surface area contributed by atoms with Gasteiger partial charge in [-0.3, -0.25) is 24.5 Å². The van der Waals surface area contributed by atoms with Crippen LogP contribution in [0.1, 0.15) is 50.0 Å². The molecule has 8 rings (SSSR count). The monoisotopic (exact) mass is 597 g/mol. The minimum Gasteiger partial charge on any atom is -0.272 e. The highest BCUT2D eigenvalue weighted by molar-refractivity contribution is 6.42. The van der Waals surface area contributed by atoms with Crippen molar-refractivity contribution in [3.63, 3.8) is 0 Å². The Kier molecular flexibility index (Phi) is 6.15. The quantitative estimate of drug-likeness (QED) is 0.151. The van der Waals surface area contributed by atoms with E-state index in [4.69, 9.17) is 23.2 Å². The summed E-state index contributed by atoms with van der Waals surface area (Å²) in [5.41, 5.74) is 4.52. The Balaban J connectivity index is 1.34. The van der Waals surface area contributed by atoms with Crippen molar-refractivity contribution in [1.82, 2.24) is 10.0 Å². The van der Waals surface area contributed by atoms with E-state index in [1.807, 2.05) is 48.5 Å². The Hall–Kier alpha value is -4.53. The lowest BCUT2D eigenvalue weighted by atomic mass is 9.55. The first-order valence-corrected chi connectivity index (χ1v) is 14.1. The number of nitro benzene ring substituents is 1. The Morgan fingerprint density at radius 2 is 1.26 bits per heavy atom. The van der Waals surface area contributed by atoms with Crippen LogP contribution in [0.25, 0.3) is 0 Å². The predicted octanol–water partition coefficient (Wildman–Crippen LogP) is 6.35. The van der Waals surface area contributed by atoms with Crippen molar-refractivity contribution in [2.75, 3.05) is 0 Å². The third-order valence-electron chi connectivity index (χ3n) is 8.54. The summed E-state index contributed by atoms with van der Waals surface area (Å²) in [7, 11) is 0. The molecule has 0 aromatic heterocycles. The summed E-state index contributed by atoms with van der Waals surface area (Å²) in [6.07, 6.45) is 0. The highest BCUT2D eigenvalue weighted by Crippen LogP contribution is 2.61. The van der Waals surface area contributed by atoms with E-state index in [-0.39, 0.29) is 34.7 Å². The van der Waals surface area contributed by atoms with Crippen LogP contribution in [0, 0.1) is 22.0 Å². The molecule has 4 aliphatic rings. The van der Waals surface area contributed by atoms with Gasteiger partial charge in [-0.25, -0.2) is 5.01 Å². The van der Waals surface area contributed by atoms with Gasteiger partial charge in [-0.2, -0.15) is 5.01 Å². The first-order chi connectivity index (χ1) is 20.3. The molecule has 0 spiro atoms. The van der Waals surface area contributed by atoms with Crippen molar-refractivity contribution in [2.24, 2.45) is 11.8 Å². The molecule has 1 saturated heterocycles. The van der Waals surface area contributed by atoms with E-state index in [1.54, 1.807) is 18.2 Å². The molecule has 208 valence electrons. The van der Waals surface area contributed by atoms with Gasteiger partial charge in [0.2, 0.25) is 0 Å². The van der Waals surface area contributed by atoms with Gasteiger partial charge >= 0.3 is 0 Å². The fourth-order valence-corrected chi connectivity index (χ4v) is 7.14. The summed E-state index contributed by atoms with van der Waals surface area (Å²) in [4.78, 5) is 53.4. The zero-order chi connectivity index (χ0) is 29.3. The molecule has 8 nitrogen and oxygen atoms in total. The molecular weight excluding hydrogens is 577 g/mol. The molecule has 4 aromatic carbocycles. The largest absolute Gasteiger partial charge is 0.273 e. The van der Waals surface area contributed by atoms with Gasteiger partial charge in [-0.15, -0.1) is 0 Å². The van der Waals surface area contributed by atoms with Crippen LogP contribution >= 0.6 is 23.2 Å². The minimum atomic E-state index is -0.687. The van der Waals surface area contributed by atoms with Crippen molar-refractivity contribution in [2.45, 2.75) is 18.4 Å². The first kappa shape index (κ1) is 26.4. The molecular formula is C32H21Cl2N3O5. The molecule has 1 aliphatic heterocycles. The maximum Gasteiger partial charge on any atom is 0.273 e. The number of imide groups is 1. The molecule has 3 amide bonds. The van der Waals surface area contributed by atoms with E-state index < -0.39 is 34.5 Å². The topological polar surface area (TPSA) is 101 Å². The van der Waals surface area contributed by atoms with Gasteiger partial charge < -0.3 is 0 Å². The van der Waals surface area contributed by atoms with Gasteiger partial charge in [0.05, 0.1) is 33.3 Å². The molecule has 42 heavy (non-hydrogen) atoms. The lowest BCUT2D eigenvalue weighted by Gasteiger charge is -2.45. The van der Waals surface area contributed by atoms with Gasteiger partial charge in [0.15, 0.2) is 0 Å². The van der Waals surface area contributed by atoms with E-state index in [1.165, 1.54) is 24.3 Å². The van der Waals surface area contributed by atoms with Gasteiger partial charge in [0.25, 0.3) is 23.4 Å². The highest BCUT2D eigenvalue weighted by Gasteiger charge is 2.63. The SMILES string of the molecule is O=C(c1ccc([N+](=O)[O-])cc1)N(Cc1ccc(Cl)c(Cl)c1)N1C(=O)[C@H]2C3c4ccccc4C(c4ccccc43)[C@@H]2C1=O. The van der Waals surface area contributed by atoms with Crippen molar-refractivity contribution in [3.05, 3.63) is 145 Å².